The molecule has 8 nitrogen and oxygen atoms in total. The van der Waals surface area contributed by atoms with E-state index in [2.05, 4.69) is 15.5 Å². The molecule has 0 saturated carbocycles. The number of furan rings is 1. The maximum absolute atomic E-state index is 12.6. The van der Waals surface area contributed by atoms with Crippen molar-refractivity contribution in [1.82, 2.24) is 14.8 Å². The lowest BCUT2D eigenvalue weighted by atomic mass is 10.1. The Bertz CT molecular complexity index is 1100. The lowest BCUT2D eigenvalue weighted by Gasteiger charge is -2.08. The zero-order chi connectivity index (χ0) is 21.3. The van der Waals surface area contributed by atoms with Crippen molar-refractivity contribution in [2.24, 2.45) is 0 Å². The number of aryl methyl sites for hydroxylation is 2. The fraction of sp³-hybridized carbons (Fsp3) is 0.400. The van der Waals surface area contributed by atoms with Crippen molar-refractivity contribution in [3.63, 3.8) is 0 Å². The summed E-state index contributed by atoms with van der Waals surface area (Å²) in [4.78, 5) is 26.0. The van der Waals surface area contributed by atoms with Gasteiger partial charge in [-0.15, -0.1) is 21.5 Å². The van der Waals surface area contributed by atoms with Crippen LogP contribution in [0.1, 0.15) is 39.9 Å². The molecule has 4 rings (SSSR count). The standard InChI is InChI=1S/C20H22N4O4S2/c1-4-24-17(12-8-9-28-11(12)2)22-23-20(24)29-10-15(25)21-18-16(19(26)27-3)13-6-5-7-14(13)30-18/h8-9H,4-7,10H2,1-3H3,(H,21,25). The van der Waals surface area contributed by atoms with E-state index >= 15 is 0 Å². The van der Waals surface area contributed by atoms with Crippen LogP contribution in [0.25, 0.3) is 11.4 Å². The molecule has 3 aromatic rings. The Kier molecular flexibility index (Phi) is 5.96. The van der Waals surface area contributed by atoms with E-state index < -0.39 is 5.97 Å². The zero-order valence-corrected chi connectivity index (χ0v) is 18.6. The van der Waals surface area contributed by atoms with Crippen LogP contribution in [0.4, 0.5) is 5.00 Å². The Balaban J connectivity index is 1.47. The van der Waals surface area contributed by atoms with Gasteiger partial charge in [0.2, 0.25) is 5.91 Å². The van der Waals surface area contributed by atoms with Crippen LogP contribution in [0.3, 0.4) is 0 Å². The van der Waals surface area contributed by atoms with Crippen molar-refractivity contribution in [2.75, 3.05) is 18.2 Å². The van der Waals surface area contributed by atoms with Crippen molar-refractivity contribution in [3.05, 3.63) is 34.1 Å². The summed E-state index contributed by atoms with van der Waals surface area (Å²) in [6.07, 6.45) is 4.43. The molecule has 1 amide bonds. The summed E-state index contributed by atoms with van der Waals surface area (Å²) < 4.78 is 12.3. The van der Waals surface area contributed by atoms with Crippen LogP contribution >= 0.6 is 23.1 Å². The van der Waals surface area contributed by atoms with E-state index in [0.717, 1.165) is 41.0 Å². The van der Waals surface area contributed by atoms with Gasteiger partial charge in [0.25, 0.3) is 0 Å². The van der Waals surface area contributed by atoms with E-state index in [4.69, 9.17) is 9.15 Å². The van der Waals surface area contributed by atoms with E-state index in [-0.39, 0.29) is 11.7 Å². The number of carbonyl (C=O) groups is 2. The number of thiophene rings is 1. The van der Waals surface area contributed by atoms with Crippen LogP contribution in [-0.2, 0) is 28.9 Å². The number of amides is 1. The molecule has 0 unspecified atom stereocenters. The number of ether oxygens (including phenoxy) is 1. The average molecular weight is 447 g/mol. The Labute approximate surface area is 182 Å². The van der Waals surface area contributed by atoms with E-state index in [9.17, 15) is 9.59 Å². The number of anilines is 1. The van der Waals surface area contributed by atoms with Crippen LogP contribution in [-0.4, -0.2) is 39.5 Å². The summed E-state index contributed by atoms with van der Waals surface area (Å²) in [5, 5.41) is 12.6. The van der Waals surface area contributed by atoms with E-state index in [1.165, 1.54) is 30.2 Å². The molecule has 1 N–H and O–H groups in total. The smallest absolute Gasteiger partial charge is 0.341 e. The number of esters is 1. The minimum Gasteiger partial charge on any atom is -0.469 e. The lowest BCUT2D eigenvalue weighted by molar-refractivity contribution is -0.113. The third-order valence-electron chi connectivity index (χ3n) is 5.03. The number of aromatic nitrogens is 3. The molecular formula is C20H22N4O4S2. The molecular weight excluding hydrogens is 424 g/mol. The number of thioether (sulfide) groups is 1. The number of fused-ring (bicyclic) bond motifs is 1. The first-order valence-corrected chi connectivity index (χ1v) is 11.5. The van der Waals surface area contributed by atoms with Crippen molar-refractivity contribution in [1.29, 1.82) is 0 Å². The minimum absolute atomic E-state index is 0.158. The van der Waals surface area contributed by atoms with Gasteiger partial charge in [0, 0.05) is 11.4 Å². The maximum atomic E-state index is 12.6. The first-order valence-electron chi connectivity index (χ1n) is 9.66. The number of hydrogen-bond acceptors (Lipinski definition) is 8. The topological polar surface area (TPSA) is 99.2 Å². The molecule has 1 aliphatic rings. The first-order chi connectivity index (χ1) is 14.5. The fourth-order valence-electron chi connectivity index (χ4n) is 3.60. The first kappa shape index (κ1) is 20.7. The second-order valence-electron chi connectivity index (χ2n) is 6.83. The summed E-state index contributed by atoms with van der Waals surface area (Å²) in [5.74, 6) is 1.05. The fourth-order valence-corrected chi connectivity index (χ4v) is 5.70. The van der Waals surface area contributed by atoms with Gasteiger partial charge in [0.1, 0.15) is 10.8 Å². The SMILES string of the molecule is CCn1c(SCC(=O)Nc2sc3c(c2C(=O)OC)CCC3)nnc1-c1ccoc1C. The van der Waals surface area contributed by atoms with Gasteiger partial charge >= 0.3 is 5.97 Å². The lowest BCUT2D eigenvalue weighted by Crippen LogP contribution is -2.16. The highest BCUT2D eigenvalue weighted by atomic mass is 32.2. The molecule has 0 atom stereocenters. The molecule has 0 spiro atoms. The average Bonchev–Trinajstić information content (AvgIpc) is 3.49. The van der Waals surface area contributed by atoms with E-state index in [1.807, 2.05) is 24.5 Å². The molecule has 158 valence electrons. The summed E-state index contributed by atoms with van der Waals surface area (Å²) >= 11 is 2.78. The van der Waals surface area contributed by atoms with Crippen molar-refractivity contribution < 1.29 is 18.7 Å². The zero-order valence-electron chi connectivity index (χ0n) is 17.0. The van der Waals surface area contributed by atoms with Crippen LogP contribution < -0.4 is 5.32 Å². The molecule has 0 aromatic carbocycles. The summed E-state index contributed by atoms with van der Waals surface area (Å²) in [7, 11) is 1.36. The van der Waals surface area contributed by atoms with Gasteiger partial charge in [-0.05, 0) is 44.7 Å². The van der Waals surface area contributed by atoms with Gasteiger partial charge in [-0.3, -0.25) is 4.79 Å². The predicted molar refractivity (Wildman–Crippen MR) is 115 cm³/mol. The molecule has 0 radical (unpaired) electrons. The van der Waals surface area contributed by atoms with Crippen LogP contribution in [0.5, 0.6) is 0 Å². The van der Waals surface area contributed by atoms with Crippen molar-refractivity contribution >= 4 is 40.0 Å². The van der Waals surface area contributed by atoms with Gasteiger partial charge in [-0.25, -0.2) is 4.79 Å². The molecule has 10 heteroatoms. The number of methoxy groups -OCH3 is 1. The Morgan fingerprint density at radius 3 is 2.90 bits per heavy atom. The minimum atomic E-state index is -0.400. The monoisotopic (exact) mass is 446 g/mol. The molecule has 0 bridgehead atoms. The quantitative estimate of drug-likeness (QED) is 0.433. The van der Waals surface area contributed by atoms with Crippen LogP contribution in [0.2, 0.25) is 0 Å². The molecule has 0 saturated heterocycles. The predicted octanol–water partition coefficient (Wildman–Crippen LogP) is 3.93. The van der Waals surface area contributed by atoms with E-state index in [1.54, 1.807) is 6.26 Å². The molecule has 0 aliphatic heterocycles. The highest BCUT2D eigenvalue weighted by Crippen LogP contribution is 2.39. The third-order valence-corrected chi connectivity index (χ3v) is 7.20. The molecule has 3 aromatic heterocycles. The largest absolute Gasteiger partial charge is 0.469 e. The number of nitrogens with zero attached hydrogens (tertiary/aromatic N) is 3. The molecule has 30 heavy (non-hydrogen) atoms. The van der Waals surface area contributed by atoms with Crippen molar-refractivity contribution in [2.45, 2.75) is 44.8 Å². The second kappa shape index (κ2) is 8.65. The van der Waals surface area contributed by atoms with Gasteiger partial charge in [-0.1, -0.05) is 11.8 Å². The Morgan fingerprint density at radius 1 is 1.37 bits per heavy atom. The van der Waals surface area contributed by atoms with Gasteiger partial charge < -0.3 is 19.0 Å². The number of nitrogens with one attached hydrogen (secondary N) is 1. The van der Waals surface area contributed by atoms with Gasteiger partial charge in [0.05, 0.1) is 30.3 Å². The molecule has 3 heterocycles. The summed E-state index contributed by atoms with van der Waals surface area (Å²) in [6.45, 7) is 4.55. The van der Waals surface area contributed by atoms with Crippen molar-refractivity contribution in [3.8, 4) is 11.4 Å². The molecule has 1 aliphatic carbocycles. The Morgan fingerprint density at radius 2 is 2.20 bits per heavy atom. The highest BCUT2D eigenvalue weighted by molar-refractivity contribution is 7.99. The van der Waals surface area contributed by atoms with Gasteiger partial charge in [-0.2, -0.15) is 0 Å². The number of hydrogen-bond donors (Lipinski definition) is 1. The molecule has 0 fully saturated rings. The normalized spacial score (nSPS) is 12.8. The van der Waals surface area contributed by atoms with Gasteiger partial charge in [0.15, 0.2) is 11.0 Å². The summed E-state index contributed by atoms with van der Waals surface area (Å²) in [6, 6.07) is 1.86. The summed E-state index contributed by atoms with van der Waals surface area (Å²) in [5.41, 5.74) is 2.40. The van der Waals surface area contributed by atoms with E-state index in [0.29, 0.717) is 28.1 Å². The number of rotatable bonds is 7. The number of carbonyl (C=O) groups excluding carboxylic acids is 2. The maximum Gasteiger partial charge on any atom is 0.341 e. The third kappa shape index (κ3) is 3.77. The highest BCUT2D eigenvalue weighted by Gasteiger charge is 2.28. The van der Waals surface area contributed by atoms with Crippen LogP contribution in [0.15, 0.2) is 21.9 Å². The Hall–Kier alpha value is -2.59. The van der Waals surface area contributed by atoms with Crippen LogP contribution in [0, 0.1) is 6.92 Å². The second-order valence-corrected chi connectivity index (χ2v) is 8.88.